The van der Waals surface area contributed by atoms with Gasteiger partial charge in [0, 0.05) is 32.9 Å². The van der Waals surface area contributed by atoms with E-state index in [9.17, 15) is 37.2 Å². The number of hydrogen-bond acceptors (Lipinski definition) is 10. The number of carbonyl (C=O) groups excluding carboxylic acids is 6. The van der Waals surface area contributed by atoms with E-state index in [0.29, 0.717) is 37.8 Å². The van der Waals surface area contributed by atoms with E-state index in [0.717, 1.165) is 27.7 Å². The van der Waals surface area contributed by atoms with E-state index >= 15 is 0 Å². The fraction of sp³-hybridized carbons (Fsp3) is 0.538. The third kappa shape index (κ3) is 8.92. The van der Waals surface area contributed by atoms with Crippen LogP contribution in [0.3, 0.4) is 0 Å². The molecule has 3 atom stereocenters. The molecule has 4 bridgehead atoms. The summed E-state index contributed by atoms with van der Waals surface area (Å²) in [6.07, 6.45) is 4.47. The largest absolute Gasteiger partial charge is 0.449 e. The number of nitrogens with zero attached hydrogens (tertiary/aromatic N) is 3. The molecule has 0 radical (unpaired) electrons. The van der Waals surface area contributed by atoms with Crippen LogP contribution in [-0.2, 0) is 51.8 Å². The maximum Gasteiger partial charge on any atom is 0.410 e. The van der Waals surface area contributed by atoms with Crippen molar-refractivity contribution in [1.82, 2.24) is 30.1 Å². The number of benzene rings is 1. The summed E-state index contributed by atoms with van der Waals surface area (Å²) in [6.45, 7) is 11.3. The highest BCUT2D eigenvalue weighted by molar-refractivity contribution is 7.91. The molecule has 6 amide bonds. The highest BCUT2D eigenvalue weighted by atomic mass is 32.2. The van der Waals surface area contributed by atoms with Gasteiger partial charge in [-0.15, -0.1) is 0 Å². The summed E-state index contributed by atoms with van der Waals surface area (Å²) >= 11 is 0. The molecule has 3 unspecified atom stereocenters. The second-order valence-corrected chi connectivity index (χ2v) is 18.2. The van der Waals surface area contributed by atoms with Crippen molar-refractivity contribution in [2.45, 2.75) is 101 Å². The SMILES string of the molecule is C=CC(=O)N(C)CC1NC(=O)OCC(C)(C)CCC=Cc2cccc3c2CN(C3)C(=O)OC2CC(C(=O)NC3(C(=O)NS(=O)(=O)C4CC4)CC(=C)C3)N(C2)C1=O. The smallest absolute Gasteiger partial charge is 0.410 e. The quantitative estimate of drug-likeness (QED) is 0.260. The monoisotopic (exact) mass is 794 g/mol. The van der Waals surface area contributed by atoms with Crippen LogP contribution < -0.4 is 15.4 Å². The average molecular weight is 795 g/mol. The van der Waals surface area contributed by atoms with E-state index in [1.807, 2.05) is 44.2 Å². The summed E-state index contributed by atoms with van der Waals surface area (Å²) in [4.78, 5) is 85.6. The van der Waals surface area contributed by atoms with E-state index in [-0.39, 0.29) is 45.5 Å². The molecule has 1 aromatic rings. The van der Waals surface area contributed by atoms with E-state index in [2.05, 4.69) is 28.5 Å². The third-order valence-corrected chi connectivity index (χ3v) is 12.8. The molecule has 2 saturated carbocycles. The van der Waals surface area contributed by atoms with Gasteiger partial charge in [0.2, 0.25) is 27.7 Å². The van der Waals surface area contributed by atoms with Crippen molar-refractivity contribution < 1.29 is 46.7 Å². The van der Waals surface area contributed by atoms with Crippen molar-refractivity contribution in [3.8, 4) is 0 Å². The second-order valence-electron chi connectivity index (χ2n) is 16.2. The van der Waals surface area contributed by atoms with Gasteiger partial charge in [-0.3, -0.25) is 28.8 Å². The predicted molar refractivity (Wildman–Crippen MR) is 204 cm³/mol. The summed E-state index contributed by atoms with van der Waals surface area (Å²) in [6, 6.07) is 3.09. The van der Waals surface area contributed by atoms with E-state index in [1.54, 1.807) is 4.90 Å². The third-order valence-electron chi connectivity index (χ3n) is 11.0. The lowest BCUT2D eigenvalue weighted by molar-refractivity contribution is -0.143. The van der Waals surface area contributed by atoms with Crippen LogP contribution in [0.4, 0.5) is 9.59 Å². The molecule has 56 heavy (non-hydrogen) atoms. The number of rotatable bonds is 8. The number of allylic oxidation sites excluding steroid dienone is 1. The van der Waals surface area contributed by atoms with Crippen LogP contribution in [-0.4, -0.2) is 115 Å². The lowest BCUT2D eigenvalue weighted by Gasteiger charge is -2.43. The summed E-state index contributed by atoms with van der Waals surface area (Å²) in [5.74, 6) is -3.03. The number of amides is 6. The number of hydrogen-bond donors (Lipinski definition) is 3. The number of cyclic esters (lactones) is 1. The first-order valence-corrected chi connectivity index (χ1v) is 20.3. The molecule has 3 heterocycles. The van der Waals surface area contributed by atoms with Crippen LogP contribution in [0.25, 0.3) is 6.08 Å². The number of sulfonamides is 1. The lowest BCUT2D eigenvalue weighted by Crippen LogP contribution is -2.67. The van der Waals surface area contributed by atoms with Crippen LogP contribution in [0.2, 0.25) is 0 Å². The molecule has 6 rings (SSSR count). The van der Waals surface area contributed by atoms with Crippen molar-refractivity contribution in [1.29, 1.82) is 0 Å². The van der Waals surface area contributed by atoms with Crippen molar-refractivity contribution in [2.75, 3.05) is 26.7 Å². The summed E-state index contributed by atoms with van der Waals surface area (Å²) in [5, 5.41) is 4.58. The van der Waals surface area contributed by atoms with Gasteiger partial charge in [0.1, 0.15) is 23.7 Å². The Kier molecular flexibility index (Phi) is 11.4. The number of carbonyl (C=O) groups is 6. The molecule has 1 aromatic carbocycles. The number of alkyl carbamates (subject to hydrolysis) is 1. The van der Waals surface area contributed by atoms with E-state index in [4.69, 9.17) is 9.47 Å². The Bertz CT molecular complexity index is 1970. The number of ether oxygens (including phenoxy) is 2. The average Bonchev–Trinajstić information content (AvgIpc) is 3.78. The van der Waals surface area contributed by atoms with Gasteiger partial charge in [0.25, 0.3) is 5.91 Å². The minimum absolute atomic E-state index is 0.0172. The summed E-state index contributed by atoms with van der Waals surface area (Å²) in [5.41, 5.74) is 1.41. The fourth-order valence-electron chi connectivity index (χ4n) is 7.55. The molecule has 302 valence electrons. The van der Waals surface area contributed by atoms with Crippen LogP contribution >= 0.6 is 0 Å². The Morgan fingerprint density at radius 1 is 1.12 bits per heavy atom. The van der Waals surface area contributed by atoms with Crippen LogP contribution in [0.1, 0.15) is 75.5 Å². The molecule has 2 aliphatic carbocycles. The van der Waals surface area contributed by atoms with Crippen LogP contribution in [0, 0.1) is 5.41 Å². The Labute approximate surface area is 326 Å². The molecular formula is C39H50N6O10S. The summed E-state index contributed by atoms with van der Waals surface area (Å²) < 4.78 is 39.1. The maximum absolute atomic E-state index is 14.5. The van der Waals surface area contributed by atoms with Gasteiger partial charge in [-0.2, -0.15) is 0 Å². The highest BCUT2D eigenvalue weighted by Crippen LogP contribution is 2.38. The van der Waals surface area contributed by atoms with E-state index < -0.39 is 80.2 Å². The van der Waals surface area contributed by atoms with Gasteiger partial charge in [-0.1, -0.05) is 62.9 Å². The Balaban J connectivity index is 1.30. The zero-order chi connectivity index (χ0) is 40.6. The zero-order valence-electron chi connectivity index (χ0n) is 32.0. The highest BCUT2D eigenvalue weighted by Gasteiger charge is 2.53. The van der Waals surface area contributed by atoms with Gasteiger partial charge in [-0.05, 0) is 53.9 Å². The molecule has 16 nitrogen and oxygen atoms in total. The normalized spacial score (nSPS) is 24.9. The van der Waals surface area contributed by atoms with Gasteiger partial charge >= 0.3 is 12.2 Å². The molecule has 5 aliphatic rings. The fourth-order valence-corrected chi connectivity index (χ4v) is 8.92. The number of fused-ring (bicyclic) bond motifs is 3. The standard InChI is InChI=1S/C39H50N6O10S/c1-6-32(46)43(5)22-30-34(48)45-20-27(16-31(45)33(47)41-39(17-24(2)18-39)35(49)42-56(52,53)28-13-14-28)55-37(51)44-19-26-12-9-11-25(29(26)21-44)10-7-8-15-38(3,4)23-54-36(50)40-30/h6-7,9-12,27-28,30-31H,1-2,8,13-23H2,3-5H3,(H,40,50)(H,41,47)(H,42,49). The maximum atomic E-state index is 14.5. The second kappa shape index (κ2) is 15.7. The zero-order valence-corrected chi connectivity index (χ0v) is 32.8. The van der Waals surface area contributed by atoms with Crippen molar-refractivity contribution in [2.24, 2.45) is 5.41 Å². The Hall–Kier alpha value is -5.19. The van der Waals surface area contributed by atoms with Gasteiger partial charge in [-0.25, -0.2) is 18.0 Å². The molecular weight excluding hydrogens is 745 g/mol. The van der Waals surface area contributed by atoms with Crippen LogP contribution in [0.15, 0.2) is 49.1 Å². The van der Waals surface area contributed by atoms with E-state index in [1.165, 1.54) is 11.9 Å². The van der Waals surface area contributed by atoms with Crippen molar-refractivity contribution >= 4 is 51.9 Å². The molecule has 3 fully saturated rings. The molecule has 17 heteroatoms. The molecule has 3 aliphatic heterocycles. The first-order chi connectivity index (χ1) is 26.4. The van der Waals surface area contributed by atoms with Gasteiger partial charge in [0.05, 0.1) is 31.5 Å². The van der Waals surface area contributed by atoms with Crippen LogP contribution in [0.5, 0.6) is 0 Å². The molecule has 3 N–H and O–H groups in total. The molecule has 0 spiro atoms. The Morgan fingerprint density at radius 3 is 2.54 bits per heavy atom. The lowest BCUT2D eigenvalue weighted by atomic mass is 9.72. The predicted octanol–water partition coefficient (Wildman–Crippen LogP) is 2.49. The first kappa shape index (κ1) is 40.5. The minimum atomic E-state index is -3.96. The first-order valence-electron chi connectivity index (χ1n) is 18.8. The van der Waals surface area contributed by atoms with Crippen molar-refractivity contribution in [3.05, 3.63) is 65.8 Å². The van der Waals surface area contributed by atoms with Gasteiger partial charge in [0.15, 0.2) is 0 Å². The number of nitrogens with one attached hydrogen (secondary N) is 3. The number of likely N-dealkylation sites (N-methyl/N-ethyl adjacent to an activating group) is 1. The summed E-state index contributed by atoms with van der Waals surface area (Å²) in [7, 11) is -2.54. The molecule has 0 aromatic heterocycles. The minimum Gasteiger partial charge on any atom is -0.449 e. The van der Waals surface area contributed by atoms with Gasteiger partial charge < -0.3 is 29.9 Å². The Morgan fingerprint density at radius 2 is 1.86 bits per heavy atom. The van der Waals surface area contributed by atoms with Crippen molar-refractivity contribution in [3.63, 3.8) is 0 Å². The molecule has 1 saturated heterocycles. The topological polar surface area (TPSA) is 201 Å².